The van der Waals surface area contributed by atoms with Gasteiger partial charge in [-0.3, -0.25) is 9.89 Å². The number of aliphatic imine (C=N–C) groups is 1. The average Bonchev–Trinajstić information content (AvgIpc) is 2.66. The third-order valence-electron chi connectivity index (χ3n) is 6.60. The van der Waals surface area contributed by atoms with E-state index in [2.05, 4.69) is 31.9 Å². The Morgan fingerprint density at radius 3 is 2.32 bits per heavy atom. The third-order valence-corrected chi connectivity index (χ3v) is 10.1. The van der Waals surface area contributed by atoms with Gasteiger partial charge in [0.1, 0.15) is 0 Å². The summed E-state index contributed by atoms with van der Waals surface area (Å²) in [5.41, 5.74) is 0.229. The lowest BCUT2D eigenvalue weighted by Gasteiger charge is -2.49. The Hall–Kier alpha value is 0.260. The van der Waals surface area contributed by atoms with Gasteiger partial charge < -0.3 is 10.2 Å². The van der Waals surface area contributed by atoms with Gasteiger partial charge in [0, 0.05) is 56.8 Å². The molecule has 0 amide bonds. The van der Waals surface area contributed by atoms with Crippen LogP contribution in [-0.2, 0) is 9.84 Å². The molecule has 0 atom stereocenters. The number of rotatable bonds is 3. The predicted octanol–water partition coefficient (Wildman–Crippen LogP) is 2.44. The molecule has 0 aromatic carbocycles. The van der Waals surface area contributed by atoms with Gasteiger partial charge in [0.05, 0.1) is 10.5 Å². The van der Waals surface area contributed by atoms with Crippen LogP contribution in [-0.4, -0.2) is 91.5 Å². The van der Waals surface area contributed by atoms with E-state index >= 15 is 0 Å². The highest BCUT2D eigenvalue weighted by Gasteiger charge is 2.42. The van der Waals surface area contributed by atoms with Crippen LogP contribution in [0.1, 0.15) is 46.0 Å². The summed E-state index contributed by atoms with van der Waals surface area (Å²) in [7, 11) is -1.23. The molecule has 2 aliphatic heterocycles. The molecule has 0 aromatic rings. The maximum Gasteiger partial charge on any atom is 0.193 e. The highest BCUT2D eigenvalue weighted by atomic mass is 127. The van der Waals surface area contributed by atoms with Gasteiger partial charge in [-0.2, -0.15) is 11.8 Å². The van der Waals surface area contributed by atoms with E-state index in [1.807, 2.05) is 20.9 Å². The number of sulfone groups is 1. The maximum atomic E-state index is 12.3. The summed E-state index contributed by atoms with van der Waals surface area (Å²) in [6.07, 6.45) is 6.46. The molecule has 6 nitrogen and oxygen atoms in total. The van der Waals surface area contributed by atoms with E-state index in [4.69, 9.17) is 0 Å². The maximum absolute atomic E-state index is 12.3. The fourth-order valence-corrected chi connectivity index (χ4v) is 7.02. The van der Waals surface area contributed by atoms with Gasteiger partial charge in [0.2, 0.25) is 0 Å². The van der Waals surface area contributed by atoms with Crippen LogP contribution in [0.4, 0.5) is 0 Å². The number of hydrogen-bond donors (Lipinski definition) is 1. The summed E-state index contributed by atoms with van der Waals surface area (Å²) in [6, 6.07) is 0. The normalized spacial score (nSPS) is 27.7. The molecule has 1 N–H and O–H groups in total. The average molecular weight is 545 g/mol. The topological polar surface area (TPSA) is 65.0 Å². The zero-order chi connectivity index (χ0) is 19.5. The zero-order valence-electron chi connectivity index (χ0n) is 17.6. The van der Waals surface area contributed by atoms with Gasteiger partial charge >= 0.3 is 0 Å². The van der Waals surface area contributed by atoms with E-state index in [0.717, 1.165) is 12.5 Å². The van der Waals surface area contributed by atoms with E-state index in [9.17, 15) is 8.42 Å². The van der Waals surface area contributed by atoms with Crippen molar-refractivity contribution in [2.45, 2.75) is 56.2 Å². The molecule has 2 saturated heterocycles. The molecule has 0 aromatic heterocycles. The van der Waals surface area contributed by atoms with Crippen molar-refractivity contribution in [3.63, 3.8) is 0 Å². The summed E-state index contributed by atoms with van der Waals surface area (Å²) < 4.78 is 23.9. The Kier molecular flexibility index (Phi) is 8.80. The number of guanidine groups is 1. The molecule has 0 unspecified atom stereocenters. The molecule has 164 valence electrons. The minimum Gasteiger partial charge on any atom is -0.354 e. The van der Waals surface area contributed by atoms with Gasteiger partial charge in [-0.1, -0.05) is 19.3 Å². The van der Waals surface area contributed by atoms with Gasteiger partial charge in [-0.15, -0.1) is 24.0 Å². The summed E-state index contributed by atoms with van der Waals surface area (Å²) in [6.45, 7) is 7.96. The molecular formula is C19H37IN4O2S2. The quantitative estimate of drug-likeness (QED) is 0.335. The lowest BCUT2D eigenvalue weighted by Crippen LogP contribution is -2.62. The first-order valence-corrected chi connectivity index (χ1v) is 13.1. The van der Waals surface area contributed by atoms with Crippen molar-refractivity contribution in [2.75, 3.05) is 57.0 Å². The molecule has 0 bridgehead atoms. The molecule has 3 rings (SSSR count). The molecular weight excluding hydrogens is 507 g/mol. The summed E-state index contributed by atoms with van der Waals surface area (Å²) in [4.78, 5) is 9.34. The smallest absolute Gasteiger partial charge is 0.193 e. The number of nitrogens with one attached hydrogen (secondary N) is 1. The van der Waals surface area contributed by atoms with Crippen LogP contribution in [0, 0.1) is 0 Å². The van der Waals surface area contributed by atoms with Crippen molar-refractivity contribution in [3.05, 3.63) is 0 Å². The van der Waals surface area contributed by atoms with Crippen LogP contribution in [0.2, 0.25) is 0 Å². The number of thioether (sulfide) groups is 1. The fraction of sp³-hybridized carbons (Fsp3) is 0.947. The standard InChI is InChI=1S/C19H36N4O2S2.HI/c1-18(2)16-22(11-14-27(18,24)25)17(20-3)21-15-19(7-5-4-6-8-19)23-9-12-26-13-10-23;/h4-16H2,1-3H3,(H,20,21);1H. The first-order valence-electron chi connectivity index (χ1n) is 10.3. The molecule has 0 radical (unpaired) electrons. The number of halogens is 1. The highest BCUT2D eigenvalue weighted by molar-refractivity contribution is 14.0. The molecule has 9 heteroatoms. The lowest BCUT2D eigenvalue weighted by atomic mass is 9.80. The van der Waals surface area contributed by atoms with Gasteiger partial charge in [0.15, 0.2) is 15.8 Å². The Bertz CT molecular complexity index is 642. The highest BCUT2D eigenvalue weighted by Crippen LogP contribution is 2.35. The zero-order valence-corrected chi connectivity index (χ0v) is 21.5. The van der Waals surface area contributed by atoms with Crippen molar-refractivity contribution in [2.24, 2.45) is 4.99 Å². The fourth-order valence-electron chi connectivity index (χ4n) is 4.75. The second-order valence-electron chi connectivity index (χ2n) is 8.79. The largest absolute Gasteiger partial charge is 0.354 e. The Balaban J connectivity index is 0.00000280. The second-order valence-corrected chi connectivity index (χ2v) is 12.8. The third kappa shape index (κ3) is 5.29. The van der Waals surface area contributed by atoms with Crippen LogP contribution < -0.4 is 5.32 Å². The minimum atomic E-state index is -3.04. The minimum absolute atomic E-state index is 0. The lowest BCUT2D eigenvalue weighted by molar-refractivity contribution is 0.0619. The summed E-state index contributed by atoms with van der Waals surface area (Å²) in [5, 5.41) is 3.64. The molecule has 3 aliphatic rings. The van der Waals surface area contributed by atoms with E-state index < -0.39 is 14.6 Å². The van der Waals surface area contributed by atoms with Gasteiger partial charge in [0.25, 0.3) is 0 Å². The molecule has 2 heterocycles. The SMILES string of the molecule is CN=C(NCC1(N2CCSCC2)CCCCC1)N1CCS(=O)(=O)C(C)(C)C1.I. The van der Waals surface area contributed by atoms with E-state index in [0.29, 0.717) is 13.1 Å². The van der Waals surface area contributed by atoms with Crippen molar-refractivity contribution >= 4 is 51.5 Å². The predicted molar refractivity (Wildman–Crippen MR) is 131 cm³/mol. The van der Waals surface area contributed by atoms with Crippen molar-refractivity contribution in [1.29, 1.82) is 0 Å². The van der Waals surface area contributed by atoms with Crippen molar-refractivity contribution in [3.8, 4) is 0 Å². The van der Waals surface area contributed by atoms with Gasteiger partial charge in [-0.25, -0.2) is 8.42 Å². The first-order chi connectivity index (χ1) is 12.8. The Morgan fingerprint density at radius 2 is 1.75 bits per heavy atom. The van der Waals surface area contributed by atoms with Crippen LogP contribution in [0.25, 0.3) is 0 Å². The first kappa shape index (κ1) is 24.5. The van der Waals surface area contributed by atoms with E-state index in [1.54, 1.807) is 0 Å². The second kappa shape index (κ2) is 10.0. The van der Waals surface area contributed by atoms with Crippen LogP contribution in [0.15, 0.2) is 4.99 Å². The summed E-state index contributed by atoms with van der Waals surface area (Å²) in [5.74, 6) is 3.52. The van der Waals surface area contributed by atoms with E-state index in [1.165, 1.54) is 56.7 Å². The van der Waals surface area contributed by atoms with Crippen LogP contribution in [0.3, 0.4) is 0 Å². The van der Waals surface area contributed by atoms with Crippen molar-refractivity contribution in [1.82, 2.24) is 15.1 Å². The number of hydrogen-bond acceptors (Lipinski definition) is 5. The van der Waals surface area contributed by atoms with Crippen LogP contribution in [0.5, 0.6) is 0 Å². The van der Waals surface area contributed by atoms with Crippen molar-refractivity contribution < 1.29 is 8.42 Å². The Morgan fingerprint density at radius 1 is 1.11 bits per heavy atom. The monoisotopic (exact) mass is 544 g/mol. The molecule has 0 spiro atoms. The Labute approximate surface area is 192 Å². The number of nitrogens with zero attached hydrogens (tertiary/aromatic N) is 3. The van der Waals surface area contributed by atoms with E-state index in [-0.39, 0.29) is 35.3 Å². The molecule has 1 aliphatic carbocycles. The molecule has 1 saturated carbocycles. The van der Waals surface area contributed by atoms with Gasteiger partial charge in [-0.05, 0) is 26.7 Å². The molecule has 3 fully saturated rings. The van der Waals surface area contributed by atoms with Crippen LogP contribution >= 0.6 is 35.7 Å². The molecule has 28 heavy (non-hydrogen) atoms. The summed E-state index contributed by atoms with van der Waals surface area (Å²) >= 11 is 2.06.